The topological polar surface area (TPSA) is 83.6 Å². The van der Waals surface area contributed by atoms with Gasteiger partial charge in [0.15, 0.2) is 5.82 Å². The predicted octanol–water partition coefficient (Wildman–Crippen LogP) is 8.16. The Morgan fingerprint density at radius 1 is 1.07 bits per heavy atom. The second-order valence-electron chi connectivity index (χ2n) is 17.1. The van der Waals surface area contributed by atoms with E-state index in [1.807, 2.05) is 9.25 Å². The highest BCUT2D eigenvalue weighted by molar-refractivity contribution is 6.76. The molecule has 0 radical (unpaired) electrons. The van der Waals surface area contributed by atoms with Gasteiger partial charge in [-0.15, -0.1) is 0 Å². The largest absolute Gasteiger partial charge is 0.443 e. The molecule has 3 aromatic rings. The predicted molar refractivity (Wildman–Crippen MR) is 187 cm³/mol. The molecule has 2 heterocycles. The van der Waals surface area contributed by atoms with Crippen LogP contribution in [0.3, 0.4) is 0 Å². The number of anilines is 1. The van der Waals surface area contributed by atoms with Crippen LogP contribution in [-0.4, -0.2) is 67.4 Å². The molecular formula is C34H54FN5O4Si2. The van der Waals surface area contributed by atoms with Gasteiger partial charge in [0.2, 0.25) is 0 Å². The lowest BCUT2D eigenvalue weighted by Gasteiger charge is -2.25. The molecular weight excluding hydrogens is 618 g/mol. The van der Waals surface area contributed by atoms with Crippen LogP contribution < -0.4 is 4.90 Å². The molecule has 0 spiro atoms. The van der Waals surface area contributed by atoms with Crippen LogP contribution in [0, 0.1) is 17.2 Å². The van der Waals surface area contributed by atoms with Crippen LogP contribution in [0.25, 0.3) is 22.6 Å². The first kappa shape index (κ1) is 34.8. The average molecular weight is 672 g/mol. The molecule has 0 saturated heterocycles. The molecule has 0 unspecified atom stereocenters. The zero-order valence-electron chi connectivity index (χ0n) is 29.8. The number of hydrogen-bond donors (Lipinski definition) is 0. The minimum atomic E-state index is -1.31. The number of halogens is 1. The smallest absolute Gasteiger partial charge is 0.414 e. The van der Waals surface area contributed by atoms with Gasteiger partial charge < -0.3 is 14.2 Å². The van der Waals surface area contributed by atoms with Gasteiger partial charge in [-0.25, -0.2) is 18.9 Å². The number of hydrogen-bond acceptors (Lipinski definition) is 6. The zero-order chi connectivity index (χ0) is 33.8. The maximum Gasteiger partial charge on any atom is 0.414 e. The van der Waals surface area contributed by atoms with Crippen molar-refractivity contribution in [2.75, 3.05) is 25.2 Å². The fourth-order valence-corrected chi connectivity index (χ4v) is 7.61. The van der Waals surface area contributed by atoms with Gasteiger partial charge in [-0.1, -0.05) is 46.2 Å². The Hall–Kier alpha value is -2.55. The Labute approximate surface area is 275 Å². The summed E-state index contributed by atoms with van der Waals surface area (Å²) in [6, 6.07) is 5.19. The molecule has 46 heavy (non-hydrogen) atoms. The number of carbonyl (C=O) groups is 1. The second-order valence-corrected chi connectivity index (χ2v) is 28.3. The highest BCUT2D eigenvalue weighted by atomic mass is 28.3. The minimum Gasteiger partial charge on any atom is -0.443 e. The van der Waals surface area contributed by atoms with Crippen LogP contribution in [-0.2, 0) is 40.5 Å². The first-order valence-electron chi connectivity index (χ1n) is 16.7. The summed E-state index contributed by atoms with van der Waals surface area (Å²) in [5.41, 5.74) is 4.12. The van der Waals surface area contributed by atoms with Gasteiger partial charge in [0.25, 0.3) is 0 Å². The van der Waals surface area contributed by atoms with Crippen molar-refractivity contribution in [3.05, 3.63) is 29.2 Å². The lowest BCUT2D eigenvalue weighted by molar-refractivity contribution is 0.0588. The Kier molecular flexibility index (Phi) is 9.44. The van der Waals surface area contributed by atoms with E-state index in [0.29, 0.717) is 41.5 Å². The van der Waals surface area contributed by atoms with Gasteiger partial charge in [0.1, 0.15) is 30.6 Å². The number of rotatable bonds is 12. The maximum absolute atomic E-state index is 15.6. The van der Waals surface area contributed by atoms with Crippen LogP contribution >= 0.6 is 0 Å². The van der Waals surface area contributed by atoms with E-state index in [4.69, 9.17) is 24.3 Å². The quantitative estimate of drug-likeness (QED) is 0.143. The van der Waals surface area contributed by atoms with Gasteiger partial charge in [-0.2, -0.15) is 5.10 Å². The van der Waals surface area contributed by atoms with Crippen molar-refractivity contribution in [1.29, 1.82) is 0 Å². The summed E-state index contributed by atoms with van der Waals surface area (Å²) in [6.45, 7) is 23.8. The first-order valence-corrected chi connectivity index (χ1v) is 24.1. The number of imidazole rings is 1. The molecule has 2 aliphatic rings. The summed E-state index contributed by atoms with van der Waals surface area (Å²) in [6.07, 6.45) is 2.48. The molecule has 2 aliphatic carbocycles. The number of amides is 1. The normalized spacial score (nSPS) is 19.7. The lowest BCUT2D eigenvalue weighted by Crippen LogP contribution is -2.34. The third-order valence-corrected chi connectivity index (χ3v) is 12.6. The number of benzene rings is 1. The minimum absolute atomic E-state index is 0.119. The molecule has 2 atom stereocenters. The average Bonchev–Trinajstić information content (AvgIpc) is 3.29. The monoisotopic (exact) mass is 671 g/mol. The van der Waals surface area contributed by atoms with Crippen molar-refractivity contribution in [2.24, 2.45) is 11.3 Å². The number of fused-ring (bicyclic) bond motifs is 3. The molecule has 0 aliphatic heterocycles. The van der Waals surface area contributed by atoms with E-state index in [1.54, 1.807) is 26.8 Å². The van der Waals surface area contributed by atoms with E-state index in [9.17, 15) is 4.79 Å². The standard InChI is InChI=1S/C34H54FN5O4Si2/c1-33(2,3)44-32(41)38(5)27-18-28-26(17-25(27)35)36-31(39(28)21-42-12-14-45(6,7)8)30-24-16-23-19-34(23,4)20-29(24)40(37-30)22-43-13-15-46(9,10)11/h17-18,23H,12-16,19-22H2,1-11H3/t23-,34-/m1/s1. The van der Waals surface area contributed by atoms with Crippen LogP contribution in [0.1, 0.15) is 45.4 Å². The Balaban J connectivity index is 1.56. The van der Waals surface area contributed by atoms with Crippen LogP contribution in [0.4, 0.5) is 14.9 Å². The summed E-state index contributed by atoms with van der Waals surface area (Å²) in [5.74, 6) is 0.733. The molecule has 0 N–H and O–H groups in total. The molecule has 1 saturated carbocycles. The zero-order valence-corrected chi connectivity index (χ0v) is 31.8. The summed E-state index contributed by atoms with van der Waals surface area (Å²) in [5, 5.41) is 5.15. The maximum atomic E-state index is 15.6. The highest BCUT2D eigenvalue weighted by Crippen LogP contribution is 2.60. The van der Waals surface area contributed by atoms with Crippen LogP contribution in [0.5, 0.6) is 0 Å². The molecule has 1 aromatic carbocycles. The van der Waals surface area contributed by atoms with Crippen molar-refractivity contribution < 1.29 is 23.4 Å². The Morgan fingerprint density at radius 2 is 1.70 bits per heavy atom. The van der Waals surface area contributed by atoms with Gasteiger partial charge in [0, 0.05) is 53.7 Å². The van der Waals surface area contributed by atoms with Gasteiger partial charge in [-0.3, -0.25) is 9.47 Å². The number of aromatic nitrogens is 4. The van der Waals surface area contributed by atoms with E-state index >= 15 is 4.39 Å². The molecule has 1 fully saturated rings. The summed E-state index contributed by atoms with van der Waals surface area (Å²) >= 11 is 0. The van der Waals surface area contributed by atoms with E-state index in [0.717, 1.165) is 37.2 Å². The molecule has 12 heteroatoms. The van der Waals surface area contributed by atoms with E-state index in [-0.39, 0.29) is 12.4 Å². The van der Waals surface area contributed by atoms with E-state index < -0.39 is 33.7 Å². The summed E-state index contributed by atoms with van der Waals surface area (Å²) in [4.78, 5) is 19.1. The number of ether oxygens (including phenoxy) is 3. The summed E-state index contributed by atoms with van der Waals surface area (Å²) < 4.78 is 37.7. The fourth-order valence-electron chi connectivity index (χ4n) is 6.10. The lowest BCUT2D eigenvalue weighted by atomic mass is 9.87. The molecule has 9 nitrogen and oxygen atoms in total. The third-order valence-electron chi connectivity index (χ3n) is 9.21. The van der Waals surface area contributed by atoms with Gasteiger partial charge >= 0.3 is 6.09 Å². The third kappa shape index (κ3) is 7.94. The van der Waals surface area contributed by atoms with E-state index in [1.165, 1.54) is 35.7 Å². The molecule has 0 bridgehead atoms. The number of nitrogens with zero attached hydrogens (tertiary/aromatic N) is 5. The molecule has 5 rings (SSSR count). The molecule has 1 amide bonds. The Bertz CT molecular complexity index is 1600. The number of carbonyl (C=O) groups excluding carboxylic acids is 1. The molecule has 2 aromatic heterocycles. The first-order chi connectivity index (χ1) is 21.2. The van der Waals surface area contributed by atoms with Crippen molar-refractivity contribution in [3.8, 4) is 11.5 Å². The van der Waals surface area contributed by atoms with Crippen molar-refractivity contribution in [3.63, 3.8) is 0 Å². The van der Waals surface area contributed by atoms with Crippen LogP contribution in [0.15, 0.2) is 12.1 Å². The van der Waals surface area contributed by atoms with Gasteiger partial charge in [0.05, 0.1) is 16.7 Å². The van der Waals surface area contributed by atoms with E-state index in [2.05, 4.69) is 46.2 Å². The highest BCUT2D eigenvalue weighted by Gasteiger charge is 2.54. The van der Waals surface area contributed by atoms with Crippen molar-refractivity contribution in [1.82, 2.24) is 19.3 Å². The van der Waals surface area contributed by atoms with Crippen molar-refractivity contribution in [2.45, 2.75) is 117 Å². The molecule has 254 valence electrons. The Morgan fingerprint density at radius 3 is 2.30 bits per heavy atom. The van der Waals surface area contributed by atoms with Crippen LogP contribution in [0.2, 0.25) is 51.4 Å². The second kappa shape index (κ2) is 12.5. The fraction of sp³-hybridized carbons (Fsp3) is 0.676. The van der Waals surface area contributed by atoms with Gasteiger partial charge in [-0.05, 0) is 69.5 Å². The SMILES string of the molecule is CN(C(=O)OC(C)(C)C)c1cc2c(cc1F)nc(-c1nn(COCC[Si](C)(C)C)c3c1C[C@@H]1C[C@]1(C)C3)n2COCC[Si](C)(C)C. The van der Waals surface area contributed by atoms with Crippen molar-refractivity contribution >= 4 is 39.0 Å². The summed E-state index contributed by atoms with van der Waals surface area (Å²) in [7, 11) is -1.01.